The molecule has 0 radical (unpaired) electrons. The molecule has 3 atom stereocenters. The molecule has 1 aromatic rings. The number of benzene rings is 1. The minimum atomic E-state index is -0.241. The second kappa shape index (κ2) is 4.93. The summed E-state index contributed by atoms with van der Waals surface area (Å²) in [5.41, 5.74) is 8.97. The molecule has 0 heterocycles. The predicted octanol–water partition coefficient (Wildman–Crippen LogP) is 3.61. The number of methoxy groups -OCH3 is 1. The molecule has 18 heavy (non-hydrogen) atoms. The lowest BCUT2D eigenvalue weighted by molar-refractivity contribution is 0.158. The molecule has 0 spiro atoms. The minimum Gasteiger partial charge on any atom is -0.496 e. The first kappa shape index (κ1) is 13.4. The maximum Gasteiger partial charge on any atom is 0.123 e. The fourth-order valence-corrected chi connectivity index (χ4v) is 3.23. The molecule has 0 aromatic heterocycles. The highest BCUT2D eigenvalue weighted by molar-refractivity contribution is 5.42. The van der Waals surface area contributed by atoms with Crippen molar-refractivity contribution in [2.45, 2.75) is 45.6 Å². The Bertz CT molecular complexity index is 429. The molecule has 1 saturated carbocycles. The third-order valence-electron chi connectivity index (χ3n) is 4.51. The van der Waals surface area contributed by atoms with Crippen LogP contribution in [0.2, 0.25) is 0 Å². The number of rotatable bonds is 2. The van der Waals surface area contributed by atoms with Crippen LogP contribution in [0.3, 0.4) is 0 Å². The van der Waals surface area contributed by atoms with Crippen LogP contribution in [0.4, 0.5) is 0 Å². The van der Waals surface area contributed by atoms with Crippen molar-refractivity contribution in [3.05, 3.63) is 29.3 Å². The third-order valence-corrected chi connectivity index (χ3v) is 4.51. The fraction of sp³-hybridized carbons (Fsp3) is 0.625. The van der Waals surface area contributed by atoms with E-state index in [1.807, 2.05) is 6.07 Å². The van der Waals surface area contributed by atoms with Crippen molar-refractivity contribution in [3.8, 4) is 5.75 Å². The molecule has 100 valence electrons. The van der Waals surface area contributed by atoms with E-state index in [2.05, 4.69) is 32.9 Å². The molecule has 0 amide bonds. The average molecular weight is 247 g/mol. The summed E-state index contributed by atoms with van der Waals surface area (Å²) >= 11 is 0. The zero-order valence-electron chi connectivity index (χ0n) is 12.0. The fourth-order valence-electron chi connectivity index (χ4n) is 3.23. The van der Waals surface area contributed by atoms with Crippen molar-refractivity contribution in [1.82, 2.24) is 0 Å². The zero-order valence-corrected chi connectivity index (χ0v) is 12.0. The van der Waals surface area contributed by atoms with Crippen LogP contribution in [-0.4, -0.2) is 7.11 Å². The first-order valence-electron chi connectivity index (χ1n) is 6.91. The molecule has 1 fully saturated rings. The van der Waals surface area contributed by atoms with Crippen molar-refractivity contribution in [2.75, 3.05) is 7.11 Å². The van der Waals surface area contributed by atoms with Crippen molar-refractivity contribution in [2.24, 2.45) is 17.6 Å². The lowest BCUT2D eigenvalue weighted by Gasteiger charge is -2.43. The van der Waals surface area contributed by atoms with Gasteiger partial charge in [-0.05, 0) is 37.7 Å². The van der Waals surface area contributed by atoms with Crippen LogP contribution >= 0.6 is 0 Å². The summed E-state index contributed by atoms with van der Waals surface area (Å²) in [6, 6.07) is 6.33. The molecule has 2 heteroatoms. The van der Waals surface area contributed by atoms with Crippen molar-refractivity contribution in [1.29, 1.82) is 0 Å². The molecule has 1 aliphatic carbocycles. The van der Waals surface area contributed by atoms with Gasteiger partial charge in [0.1, 0.15) is 5.75 Å². The Kier molecular flexibility index (Phi) is 3.67. The summed E-state index contributed by atoms with van der Waals surface area (Å²) in [4.78, 5) is 0. The molecule has 1 aliphatic rings. The van der Waals surface area contributed by atoms with Crippen LogP contribution in [0.1, 0.15) is 44.2 Å². The highest BCUT2D eigenvalue weighted by Crippen LogP contribution is 2.45. The summed E-state index contributed by atoms with van der Waals surface area (Å²) < 4.78 is 5.52. The molecule has 3 unspecified atom stereocenters. The summed E-state index contributed by atoms with van der Waals surface area (Å²) in [6.45, 7) is 6.69. The van der Waals surface area contributed by atoms with Crippen molar-refractivity contribution >= 4 is 0 Å². The van der Waals surface area contributed by atoms with E-state index in [1.54, 1.807) is 7.11 Å². The van der Waals surface area contributed by atoms with Gasteiger partial charge in [-0.15, -0.1) is 0 Å². The summed E-state index contributed by atoms with van der Waals surface area (Å²) in [5.74, 6) is 2.13. The Labute approximate surface area is 111 Å². The maximum absolute atomic E-state index is 6.78. The third kappa shape index (κ3) is 2.26. The van der Waals surface area contributed by atoms with Gasteiger partial charge in [-0.3, -0.25) is 0 Å². The lowest BCUT2D eigenvalue weighted by atomic mass is 9.66. The molecule has 0 bridgehead atoms. The second-order valence-corrected chi connectivity index (χ2v) is 6.03. The summed E-state index contributed by atoms with van der Waals surface area (Å²) in [6.07, 6.45) is 3.54. The minimum absolute atomic E-state index is 0.241. The van der Waals surface area contributed by atoms with Gasteiger partial charge in [-0.25, -0.2) is 0 Å². The topological polar surface area (TPSA) is 35.2 Å². The molecule has 0 saturated heterocycles. The predicted molar refractivity (Wildman–Crippen MR) is 75.8 cm³/mol. The van der Waals surface area contributed by atoms with E-state index in [4.69, 9.17) is 10.5 Å². The molecule has 2 nitrogen and oxygen atoms in total. The Morgan fingerprint density at radius 1 is 1.28 bits per heavy atom. The number of aryl methyl sites for hydroxylation is 1. The number of hydrogen-bond acceptors (Lipinski definition) is 2. The smallest absolute Gasteiger partial charge is 0.123 e. The lowest BCUT2D eigenvalue weighted by Crippen LogP contribution is -2.47. The van der Waals surface area contributed by atoms with Crippen LogP contribution in [-0.2, 0) is 5.54 Å². The zero-order chi connectivity index (χ0) is 13.3. The Morgan fingerprint density at radius 3 is 2.67 bits per heavy atom. The molecular weight excluding hydrogens is 222 g/mol. The van der Waals surface area contributed by atoms with Gasteiger partial charge in [0, 0.05) is 11.1 Å². The maximum atomic E-state index is 6.78. The Hall–Kier alpha value is -1.02. The summed E-state index contributed by atoms with van der Waals surface area (Å²) in [7, 11) is 1.73. The van der Waals surface area contributed by atoms with Crippen LogP contribution in [0.15, 0.2) is 18.2 Å². The average Bonchev–Trinajstić information content (AvgIpc) is 2.34. The van der Waals surface area contributed by atoms with Gasteiger partial charge in [-0.1, -0.05) is 38.0 Å². The second-order valence-electron chi connectivity index (χ2n) is 6.03. The van der Waals surface area contributed by atoms with Crippen LogP contribution in [0.5, 0.6) is 5.75 Å². The molecule has 2 rings (SSSR count). The van der Waals surface area contributed by atoms with Gasteiger partial charge in [0.05, 0.1) is 7.11 Å². The van der Waals surface area contributed by atoms with Gasteiger partial charge in [-0.2, -0.15) is 0 Å². The van der Waals surface area contributed by atoms with Gasteiger partial charge in [0.25, 0.3) is 0 Å². The van der Waals surface area contributed by atoms with E-state index in [0.717, 1.165) is 12.2 Å². The van der Waals surface area contributed by atoms with E-state index < -0.39 is 0 Å². The van der Waals surface area contributed by atoms with Crippen LogP contribution < -0.4 is 10.5 Å². The van der Waals surface area contributed by atoms with Gasteiger partial charge in [0.2, 0.25) is 0 Å². The standard InChI is InChI=1S/C16H25NO/c1-11-6-8-15(18-4)14(9-11)16(17)10-12(2)5-7-13(16)3/h6,8-9,12-13H,5,7,10,17H2,1-4H3. The molecule has 1 aromatic carbocycles. The van der Waals surface area contributed by atoms with Crippen molar-refractivity contribution < 1.29 is 4.74 Å². The highest BCUT2D eigenvalue weighted by atomic mass is 16.5. The SMILES string of the molecule is COc1ccc(C)cc1C1(N)CC(C)CCC1C. The van der Waals surface area contributed by atoms with E-state index in [-0.39, 0.29) is 5.54 Å². The van der Waals surface area contributed by atoms with E-state index in [9.17, 15) is 0 Å². The monoisotopic (exact) mass is 247 g/mol. The normalized spacial score (nSPS) is 32.3. The molecule has 2 N–H and O–H groups in total. The number of ether oxygens (including phenoxy) is 1. The quantitative estimate of drug-likeness (QED) is 0.866. The number of nitrogens with two attached hydrogens (primary N) is 1. The highest BCUT2D eigenvalue weighted by Gasteiger charge is 2.40. The van der Waals surface area contributed by atoms with Crippen molar-refractivity contribution in [3.63, 3.8) is 0 Å². The van der Waals surface area contributed by atoms with E-state index in [0.29, 0.717) is 11.8 Å². The Morgan fingerprint density at radius 2 is 2.00 bits per heavy atom. The van der Waals surface area contributed by atoms with E-state index in [1.165, 1.54) is 24.0 Å². The van der Waals surface area contributed by atoms with Gasteiger partial charge in [0.15, 0.2) is 0 Å². The van der Waals surface area contributed by atoms with Crippen LogP contribution in [0, 0.1) is 18.8 Å². The van der Waals surface area contributed by atoms with Gasteiger partial charge >= 0.3 is 0 Å². The Balaban J connectivity index is 2.47. The largest absolute Gasteiger partial charge is 0.496 e. The van der Waals surface area contributed by atoms with E-state index >= 15 is 0 Å². The van der Waals surface area contributed by atoms with Crippen LogP contribution in [0.25, 0.3) is 0 Å². The molecular formula is C16H25NO. The first-order chi connectivity index (χ1) is 8.47. The van der Waals surface area contributed by atoms with Gasteiger partial charge < -0.3 is 10.5 Å². The number of hydrogen-bond donors (Lipinski definition) is 1. The first-order valence-corrected chi connectivity index (χ1v) is 6.91. The summed E-state index contributed by atoms with van der Waals surface area (Å²) in [5, 5.41) is 0. The molecule has 0 aliphatic heterocycles.